The summed E-state index contributed by atoms with van der Waals surface area (Å²) < 4.78 is 33.1. The van der Waals surface area contributed by atoms with E-state index in [0.29, 0.717) is 5.92 Å². The van der Waals surface area contributed by atoms with Crippen molar-refractivity contribution in [3.63, 3.8) is 0 Å². The second-order valence-corrected chi connectivity index (χ2v) is 7.82. The number of sulfone groups is 1. The predicted molar refractivity (Wildman–Crippen MR) is 77.2 cm³/mol. The van der Waals surface area contributed by atoms with Crippen LogP contribution in [0, 0.1) is 5.92 Å². The molecule has 0 amide bonds. The van der Waals surface area contributed by atoms with Crippen molar-refractivity contribution in [3.05, 3.63) is 18.2 Å². The van der Waals surface area contributed by atoms with Crippen LogP contribution in [0.3, 0.4) is 0 Å². The van der Waals surface area contributed by atoms with Crippen LogP contribution in [0.25, 0.3) is 0 Å². The predicted octanol–water partition coefficient (Wildman–Crippen LogP) is 1.68. The molecule has 6 heteroatoms. The maximum atomic E-state index is 11.2. The first-order chi connectivity index (χ1) is 9.51. The van der Waals surface area contributed by atoms with Crippen molar-refractivity contribution in [2.24, 2.45) is 5.92 Å². The van der Waals surface area contributed by atoms with E-state index >= 15 is 0 Å². The molecule has 5 nitrogen and oxygen atoms in total. The number of rotatable bonds is 4. The third kappa shape index (κ3) is 3.00. The van der Waals surface area contributed by atoms with Gasteiger partial charge in [0.1, 0.15) is 9.84 Å². The van der Waals surface area contributed by atoms with Gasteiger partial charge in [0.05, 0.1) is 5.75 Å². The molecule has 0 N–H and O–H groups in total. The molecule has 3 rings (SSSR count). The van der Waals surface area contributed by atoms with E-state index in [2.05, 4.69) is 4.90 Å². The van der Waals surface area contributed by atoms with Crippen LogP contribution in [0.2, 0.25) is 0 Å². The number of anilines is 1. The van der Waals surface area contributed by atoms with E-state index in [4.69, 9.17) is 9.47 Å². The molecule has 20 heavy (non-hydrogen) atoms. The molecular weight excluding hydrogens is 278 g/mol. The Kier molecular flexibility index (Phi) is 3.50. The number of ether oxygens (including phenoxy) is 2. The van der Waals surface area contributed by atoms with Crippen LogP contribution in [-0.2, 0) is 9.84 Å². The molecule has 2 aliphatic heterocycles. The lowest BCUT2D eigenvalue weighted by Crippen LogP contribution is -2.20. The first-order valence-electron chi connectivity index (χ1n) is 6.83. The fourth-order valence-corrected chi connectivity index (χ4v) is 3.53. The van der Waals surface area contributed by atoms with Crippen LogP contribution in [0.4, 0.5) is 5.69 Å². The van der Waals surface area contributed by atoms with Crippen molar-refractivity contribution in [2.75, 3.05) is 36.8 Å². The van der Waals surface area contributed by atoms with Crippen molar-refractivity contribution in [1.29, 1.82) is 0 Å². The monoisotopic (exact) mass is 297 g/mol. The summed E-state index contributed by atoms with van der Waals surface area (Å²) in [5.74, 6) is 2.32. The SMILES string of the molecule is CS(=O)(=O)CCC1CCN(c2ccc3c(c2)OCO3)C1. The second kappa shape index (κ2) is 5.16. The van der Waals surface area contributed by atoms with Gasteiger partial charge < -0.3 is 14.4 Å². The fraction of sp³-hybridized carbons (Fsp3) is 0.571. The van der Waals surface area contributed by atoms with Gasteiger partial charge in [-0.1, -0.05) is 0 Å². The molecular formula is C14H19NO4S. The third-order valence-corrected chi connectivity index (χ3v) is 4.88. The van der Waals surface area contributed by atoms with E-state index < -0.39 is 9.84 Å². The smallest absolute Gasteiger partial charge is 0.231 e. The van der Waals surface area contributed by atoms with Crippen LogP contribution >= 0.6 is 0 Å². The summed E-state index contributed by atoms with van der Waals surface area (Å²) in [4.78, 5) is 2.29. The molecule has 1 atom stereocenters. The van der Waals surface area contributed by atoms with E-state index in [1.165, 1.54) is 6.26 Å². The lowest BCUT2D eigenvalue weighted by Gasteiger charge is -2.19. The Morgan fingerprint density at radius 1 is 1.30 bits per heavy atom. The summed E-state index contributed by atoms with van der Waals surface area (Å²) in [6.45, 7) is 2.17. The van der Waals surface area contributed by atoms with Crippen molar-refractivity contribution in [3.8, 4) is 11.5 Å². The lowest BCUT2D eigenvalue weighted by molar-refractivity contribution is 0.174. The summed E-state index contributed by atoms with van der Waals surface area (Å²) in [5.41, 5.74) is 1.12. The first-order valence-corrected chi connectivity index (χ1v) is 8.90. The van der Waals surface area contributed by atoms with Gasteiger partial charge >= 0.3 is 0 Å². The zero-order valence-corrected chi connectivity index (χ0v) is 12.4. The molecule has 0 radical (unpaired) electrons. The highest BCUT2D eigenvalue weighted by Gasteiger charge is 2.25. The average molecular weight is 297 g/mol. The maximum absolute atomic E-state index is 11.2. The summed E-state index contributed by atoms with van der Waals surface area (Å²) in [7, 11) is -2.86. The van der Waals surface area contributed by atoms with Crippen molar-refractivity contribution in [1.82, 2.24) is 0 Å². The molecule has 1 unspecified atom stereocenters. The van der Waals surface area contributed by atoms with Crippen LogP contribution < -0.4 is 14.4 Å². The van der Waals surface area contributed by atoms with Gasteiger partial charge in [-0.25, -0.2) is 8.42 Å². The van der Waals surface area contributed by atoms with Crippen LogP contribution in [-0.4, -0.2) is 40.3 Å². The van der Waals surface area contributed by atoms with Gasteiger partial charge in [0.2, 0.25) is 6.79 Å². The molecule has 1 fully saturated rings. The molecule has 1 aromatic rings. The van der Waals surface area contributed by atoms with Gasteiger partial charge in [-0.3, -0.25) is 0 Å². The number of hydrogen-bond acceptors (Lipinski definition) is 5. The van der Waals surface area contributed by atoms with Gasteiger partial charge in [-0.15, -0.1) is 0 Å². The summed E-state index contributed by atoms with van der Waals surface area (Å²) in [6, 6.07) is 5.97. The Bertz CT molecular complexity index is 599. The van der Waals surface area contributed by atoms with E-state index in [1.54, 1.807) is 0 Å². The van der Waals surface area contributed by atoms with Crippen molar-refractivity contribution in [2.45, 2.75) is 12.8 Å². The number of hydrogen-bond donors (Lipinski definition) is 0. The minimum atomic E-state index is -2.86. The molecule has 110 valence electrons. The third-order valence-electron chi connectivity index (χ3n) is 3.90. The van der Waals surface area contributed by atoms with E-state index in [-0.39, 0.29) is 12.5 Å². The Balaban J connectivity index is 1.62. The van der Waals surface area contributed by atoms with Gasteiger partial charge in [0, 0.05) is 31.1 Å². The molecule has 0 bridgehead atoms. The largest absolute Gasteiger partial charge is 0.454 e. The number of fused-ring (bicyclic) bond motifs is 1. The quantitative estimate of drug-likeness (QED) is 0.846. The minimum Gasteiger partial charge on any atom is -0.454 e. The Morgan fingerprint density at radius 3 is 2.90 bits per heavy atom. The van der Waals surface area contributed by atoms with Crippen molar-refractivity contribution < 1.29 is 17.9 Å². The van der Waals surface area contributed by atoms with Gasteiger partial charge in [0.25, 0.3) is 0 Å². The maximum Gasteiger partial charge on any atom is 0.231 e. The van der Waals surface area contributed by atoms with Crippen LogP contribution in [0.5, 0.6) is 11.5 Å². The van der Waals surface area contributed by atoms with Crippen molar-refractivity contribution >= 4 is 15.5 Å². The summed E-state index contributed by atoms with van der Waals surface area (Å²) in [5, 5.41) is 0. The van der Waals surface area contributed by atoms with Gasteiger partial charge in [-0.05, 0) is 30.9 Å². The highest BCUT2D eigenvalue weighted by atomic mass is 32.2. The topological polar surface area (TPSA) is 55.8 Å². The van der Waals surface area contributed by atoms with E-state index in [0.717, 1.165) is 43.1 Å². The molecule has 1 aromatic carbocycles. The molecule has 0 saturated carbocycles. The van der Waals surface area contributed by atoms with Crippen LogP contribution in [0.1, 0.15) is 12.8 Å². The normalized spacial score (nSPS) is 21.4. The Morgan fingerprint density at radius 2 is 2.10 bits per heavy atom. The lowest BCUT2D eigenvalue weighted by atomic mass is 10.1. The Labute approximate surface area is 119 Å². The molecule has 2 aliphatic rings. The number of benzene rings is 1. The first kappa shape index (κ1) is 13.5. The average Bonchev–Trinajstić information content (AvgIpc) is 3.03. The fourth-order valence-electron chi connectivity index (χ4n) is 2.77. The molecule has 0 aromatic heterocycles. The van der Waals surface area contributed by atoms with E-state index in [1.807, 2.05) is 18.2 Å². The van der Waals surface area contributed by atoms with Gasteiger partial charge in [-0.2, -0.15) is 0 Å². The minimum absolute atomic E-state index is 0.284. The second-order valence-electron chi connectivity index (χ2n) is 5.56. The Hall–Kier alpha value is -1.43. The summed E-state index contributed by atoms with van der Waals surface area (Å²) in [6.07, 6.45) is 3.10. The molecule has 2 heterocycles. The molecule has 1 saturated heterocycles. The zero-order chi connectivity index (χ0) is 14.2. The highest BCUT2D eigenvalue weighted by Crippen LogP contribution is 2.37. The zero-order valence-electron chi connectivity index (χ0n) is 11.5. The summed E-state index contributed by atoms with van der Waals surface area (Å²) >= 11 is 0. The molecule has 0 spiro atoms. The van der Waals surface area contributed by atoms with Crippen LogP contribution in [0.15, 0.2) is 18.2 Å². The number of nitrogens with zero attached hydrogens (tertiary/aromatic N) is 1. The standard InChI is InChI=1S/C14H19NO4S/c1-20(16,17)7-5-11-4-6-15(9-11)12-2-3-13-14(8-12)19-10-18-13/h2-3,8,11H,4-7,9-10H2,1H3. The highest BCUT2D eigenvalue weighted by molar-refractivity contribution is 7.90. The molecule has 0 aliphatic carbocycles. The van der Waals surface area contributed by atoms with Gasteiger partial charge in [0.15, 0.2) is 11.5 Å². The van der Waals surface area contributed by atoms with E-state index in [9.17, 15) is 8.42 Å².